The standard InChI is InChI=1S/C11H18N6O/c1-4-13-8(18)5-6-17-10-9(14-11(17)12)7(2)15-16(10)3/h4-6H2,1-3H3,(H2,12,14)(H,13,18). The van der Waals surface area contributed by atoms with Gasteiger partial charge in [0, 0.05) is 26.6 Å². The highest BCUT2D eigenvalue weighted by Gasteiger charge is 2.15. The Bertz CT molecular complexity index is 582. The Morgan fingerprint density at radius 1 is 1.50 bits per heavy atom. The van der Waals surface area contributed by atoms with E-state index in [1.54, 1.807) is 4.68 Å². The summed E-state index contributed by atoms with van der Waals surface area (Å²) in [6.45, 7) is 4.93. The molecule has 0 fully saturated rings. The van der Waals surface area contributed by atoms with Gasteiger partial charge in [0.05, 0.1) is 5.69 Å². The number of aryl methyl sites for hydroxylation is 3. The van der Waals surface area contributed by atoms with Gasteiger partial charge in [-0.25, -0.2) is 4.98 Å². The Kier molecular flexibility index (Phi) is 3.22. The maximum absolute atomic E-state index is 11.5. The second-order valence-electron chi connectivity index (χ2n) is 4.21. The normalized spacial score (nSPS) is 11.1. The van der Waals surface area contributed by atoms with Crippen LogP contribution in [0.15, 0.2) is 0 Å². The molecule has 0 spiro atoms. The molecule has 0 aliphatic heterocycles. The van der Waals surface area contributed by atoms with Crippen molar-refractivity contribution in [1.82, 2.24) is 24.6 Å². The first-order valence-electron chi connectivity index (χ1n) is 5.96. The van der Waals surface area contributed by atoms with Crippen molar-refractivity contribution in [3.05, 3.63) is 5.69 Å². The Labute approximate surface area is 105 Å². The summed E-state index contributed by atoms with van der Waals surface area (Å²) in [5, 5.41) is 7.05. The fraction of sp³-hybridized carbons (Fsp3) is 0.545. The summed E-state index contributed by atoms with van der Waals surface area (Å²) in [5.41, 5.74) is 8.37. The number of nitrogens with one attached hydrogen (secondary N) is 1. The number of nitrogen functional groups attached to an aromatic ring is 1. The van der Waals surface area contributed by atoms with E-state index in [9.17, 15) is 4.79 Å². The van der Waals surface area contributed by atoms with E-state index in [-0.39, 0.29) is 5.91 Å². The highest BCUT2D eigenvalue weighted by atomic mass is 16.1. The molecule has 3 N–H and O–H groups in total. The topological polar surface area (TPSA) is 90.8 Å². The molecule has 2 aromatic heterocycles. The number of hydrogen-bond donors (Lipinski definition) is 2. The summed E-state index contributed by atoms with van der Waals surface area (Å²) in [5.74, 6) is 0.433. The average Bonchev–Trinajstić information content (AvgIpc) is 2.76. The molecular weight excluding hydrogens is 232 g/mol. The molecule has 0 bridgehead atoms. The van der Waals surface area contributed by atoms with Gasteiger partial charge < -0.3 is 11.1 Å². The first-order chi connectivity index (χ1) is 8.54. The maximum atomic E-state index is 11.5. The predicted molar refractivity (Wildman–Crippen MR) is 68.9 cm³/mol. The third kappa shape index (κ3) is 2.03. The van der Waals surface area contributed by atoms with Crippen LogP contribution >= 0.6 is 0 Å². The zero-order chi connectivity index (χ0) is 13.3. The molecule has 0 aliphatic rings. The molecule has 0 aliphatic carbocycles. The first kappa shape index (κ1) is 12.4. The van der Waals surface area contributed by atoms with Crippen LogP contribution in [0, 0.1) is 6.92 Å². The molecule has 2 aromatic rings. The van der Waals surface area contributed by atoms with E-state index < -0.39 is 0 Å². The number of hydrogen-bond acceptors (Lipinski definition) is 4. The number of aromatic nitrogens is 4. The van der Waals surface area contributed by atoms with Crippen LogP contribution in [0.25, 0.3) is 11.2 Å². The lowest BCUT2D eigenvalue weighted by atomic mass is 10.4. The largest absolute Gasteiger partial charge is 0.369 e. The number of nitrogens with zero attached hydrogens (tertiary/aromatic N) is 4. The summed E-state index contributed by atoms with van der Waals surface area (Å²) < 4.78 is 3.57. The molecule has 7 nitrogen and oxygen atoms in total. The van der Waals surface area contributed by atoms with Crippen molar-refractivity contribution in [3.8, 4) is 0 Å². The molecule has 1 amide bonds. The van der Waals surface area contributed by atoms with Gasteiger partial charge in [0.2, 0.25) is 11.9 Å². The van der Waals surface area contributed by atoms with Crippen LogP contribution in [0.4, 0.5) is 5.95 Å². The van der Waals surface area contributed by atoms with Crippen molar-refractivity contribution in [2.24, 2.45) is 7.05 Å². The summed E-state index contributed by atoms with van der Waals surface area (Å²) >= 11 is 0. The van der Waals surface area contributed by atoms with Crippen molar-refractivity contribution >= 4 is 23.0 Å². The summed E-state index contributed by atoms with van der Waals surface area (Å²) in [6.07, 6.45) is 0.383. The van der Waals surface area contributed by atoms with Gasteiger partial charge in [0.1, 0.15) is 5.52 Å². The molecule has 0 saturated heterocycles. The van der Waals surface area contributed by atoms with Crippen molar-refractivity contribution in [2.75, 3.05) is 12.3 Å². The molecule has 7 heteroatoms. The molecule has 98 valence electrons. The number of carbonyl (C=O) groups is 1. The minimum Gasteiger partial charge on any atom is -0.369 e. The predicted octanol–water partition coefficient (Wildman–Crippen LogP) is 0.187. The molecule has 0 unspecified atom stereocenters. The summed E-state index contributed by atoms with van der Waals surface area (Å²) in [4.78, 5) is 15.8. The second-order valence-corrected chi connectivity index (χ2v) is 4.21. The molecule has 0 radical (unpaired) electrons. The number of imidazole rings is 1. The van der Waals surface area contributed by atoms with Crippen LogP contribution in [0.5, 0.6) is 0 Å². The quantitative estimate of drug-likeness (QED) is 0.810. The summed E-state index contributed by atoms with van der Waals surface area (Å²) in [6, 6.07) is 0. The van der Waals surface area contributed by atoms with E-state index in [1.165, 1.54) is 0 Å². The van der Waals surface area contributed by atoms with Gasteiger partial charge in [-0.2, -0.15) is 5.10 Å². The number of carbonyl (C=O) groups excluding carboxylic acids is 1. The molecule has 2 rings (SSSR count). The lowest BCUT2D eigenvalue weighted by Gasteiger charge is -2.06. The molecule has 0 aromatic carbocycles. The van der Waals surface area contributed by atoms with Gasteiger partial charge >= 0.3 is 0 Å². The minimum absolute atomic E-state index is 0.0117. The molecule has 0 atom stereocenters. The van der Waals surface area contributed by atoms with Crippen LogP contribution in [0.1, 0.15) is 19.0 Å². The Balaban J connectivity index is 2.27. The molecule has 2 heterocycles. The zero-order valence-electron chi connectivity index (χ0n) is 10.9. The monoisotopic (exact) mass is 250 g/mol. The number of fused-ring (bicyclic) bond motifs is 1. The van der Waals surface area contributed by atoms with Crippen LogP contribution in [-0.4, -0.2) is 31.8 Å². The van der Waals surface area contributed by atoms with E-state index in [1.807, 2.05) is 25.5 Å². The number of nitrogens with two attached hydrogens (primary N) is 1. The van der Waals surface area contributed by atoms with Crippen LogP contribution in [0.3, 0.4) is 0 Å². The van der Waals surface area contributed by atoms with Gasteiger partial charge in [0.25, 0.3) is 0 Å². The maximum Gasteiger partial charge on any atom is 0.221 e. The molecule has 18 heavy (non-hydrogen) atoms. The van der Waals surface area contributed by atoms with E-state index in [2.05, 4.69) is 15.4 Å². The van der Waals surface area contributed by atoms with E-state index >= 15 is 0 Å². The third-order valence-electron chi connectivity index (χ3n) is 2.86. The highest BCUT2D eigenvalue weighted by molar-refractivity contribution is 5.79. The highest BCUT2D eigenvalue weighted by Crippen LogP contribution is 2.20. The fourth-order valence-corrected chi connectivity index (χ4v) is 2.07. The summed E-state index contributed by atoms with van der Waals surface area (Å²) in [7, 11) is 1.85. The van der Waals surface area contributed by atoms with E-state index in [4.69, 9.17) is 5.73 Å². The second kappa shape index (κ2) is 4.67. The number of amides is 1. The lowest BCUT2D eigenvalue weighted by molar-refractivity contribution is -0.121. The van der Waals surface area contributed by atoms with Gasteiger partial charge in [0.15, 0.2) is 5.65 Å². The van der Waals surface area contributed by atoms with E-state index in [0.717, 1.165) is 16.9 Å². The number of anilines is 1. The lowest BCUT2D eigenvalue weighted by Crippen LogP contribution is -2.24. The van der Waals surface area contributed by atoms with Crippen LogP contribution < -0.4 is 11.1 Å². The van der Waals surface area contributed by atoms with Gasteiger partial charge in [-0.15, -0.1) is 0 Å². The van der Waals surface area contributed by atoms with Gasteiger partial charge in [-0.1, -0.05) is 0 Å². The Morgan fingerprint density at radius 2 is 2.22 bits per heavy atom. The Morgan fingerprint density at radius 3 is 2.89 bits per heavy atom. The Hall–Kier alpha value is -2.05. The van der Waals surface area contributed by atoms with Gasteiger partial charge in [-0.3, -0.25) is 14.0 Å². The average molecular weight is 250 g/mol. The van der Waals surface area contributed by atoms with Gasteiger partial charge in [-0.05, 0) is 13.8 Å². The van der Waals surface area contributed by atoms with Crippen molar-refractivity contribution < 1.29 is 4.79 Å². The molecular formula is C11H18N6O. The van der Waals surface area contributed by atoms with E-state index in [0.29, 0.717) is 25.5 Å². The zero-order valence-corrected chi connectivity index (χ0v) is 10.9. The number of rotatable bonds is 4. The van der Waals surface area contributed by atoms with Crippen molar-refractivity contribution in [3.63, 3.8) is 0 Å². The smallest absolute Gasteiger partial charge is 0.221 e. The van der Waals surface area contributed by atoms with Crippen LogP contribution in [0.2, 0.25) is 0 Å². The van der Waals surface area contributed by atoms with Crippen molar-refractivity contribution in [1.29, 1.82) is 0 Å². The minimum atomic E-state index is 0.0117. The van der Waals surface area contributed by atoms with Crippen molar-refractivity contribution in [2.45, 2.75) is 26.8 Å². The first-order valence-corrected chi connectivity index (χ1v) is 5.96. The third-order valence-corrected chi connectivity index (χ3v) is 2.86. The molecule has 0 saturated carbocycles. The SMILES string of the molecule is CCNC(=O)CCn1c(N)nc2c(C)nn(C)c21. The van der Waals surface area contributed by atoms with Crippen LogP contribution in [-0.2, 0) is 18.4 Å². The fourth-order valence-electron chi connectivity index (χ4n) is 2.07.